The molecule has 0 aliphatic carbocycles. The van der Waals surface area contributed by atoms with E-state index in [1.165, 1.54) is 23.9 Å². The Morgan fingerprint density at radius 3 is 2.64 bits per heavy atom. The van der Waals surface area contributed by atoms with Gasteiger partial charge in [-0.2, -0.15) is 0 Å². The van der Waals surface area contributed by atoms with Crippen molar-refractivity contribution in [1.82, 2.24) is 9.55 Å². The lowest BCUT2D eigenvalue weighted by molar-refractivity contribution is -0.274. The van der Waals surface area contributed by atoms with E-state index in [0.29, 0.717) is 10.8 Å². The summed E-state index contributed by atoms with van der Waals surface area (Å²) in [7, 11) is 0. The zero-order valence-corrected chi connectivity index (χ0v) is 15.6. The predicted molar refractivity (Wildman–Crippen MR) is 101 cm³/mol. The Balaban J connectivity index is 1.58. The molecule has 0 radical (unpaired) electrons. The molecule has 0 atom stereocenters. The van der Waals surface area contributed by atoms with Crippen molar-refractivity contribution in [2.24, 2.45) is 0 Å². The molecule has 2 aromatic carbocycles. The number of aryl methyl sites for hydroxylation is 1. The summed E-state index contributed by atoms with van der Waals surface area (Å²) in [5.41, 5.74) is 2.43. The van der Waals surface area contributed by atoms with Crippen molar-refractivity contribution < 1.29 is 22.7 Å². The van der Waals surface area contributed by atoms with Crippen molar-refractivity contribution in [3.63, 3.8) is 0 Å². The number of hydrogen-bond donors (Lipinski definition) is 1. The van der Waals surface area contributed by atoms with Gasteiger partial charge in [0.05, 0.1) is 5.75 Å². The zero-order valence-electron chi connectivity index (χ0n) is 14.7. The summed E-state index contributed by atoms with van der Waals surface area (Å²) < 4.78 is 42.2. The molecule has 0 aliphatic rings. The van der Waals surface area contributed by atoms with Crippen LogP contribution in [0, 0.1) is 6.92 Å². The summed E-state index contributed by atoms with van der Waals surface area (Å²) in [6.07, 6.45) is -1.28. The molecule has 0 saturated heterocycles. The first kappa shape index (κ1) is 19.8. The lowest BCUT2D eigenvalue weighted by Crippen LogP contribution is -2.17. The number of nitrogens with one attached hydrogen (secondary N) is 1. The van der Waals surface area contributed by atoms with Crippen LogP contribution in [-0.4, -0.2) is 27.6 Å². The van der Waals surface area contributed by atoms with Gasteiger partial charge in [0.2, 0.25) is 5.91 Å². The Hall–Kier alpha value is -2.94. The molecule has 0 spiro atoms. The first-order chi connectivity index (χ1) is 13.3. The number of alkyl halides is 3. The molecule has 9 heteroatoms. The molecule has 1 amide bonds. The molecule has 28 heavy (non-hydrogen) atoms. The van der Waals surface area contributed by atoms with Gasteiger partial charge in [-0.05, 0) is 48.9 Å². The van der Waals surface area contributed by atoms with Crippen LogP contribution in [0.4, 0.5) is 18.9 Å². The van der Waals surface area contributed by atoms with Gasteiger partial charge in [0.1, 0.15) is 5.75 Å². The van der Waals surface area contributed by atoms with Crippen molar-refractivity contribution in [3.8, 4) is 11.4 Å². The van der Waals surface area contributed by atoms with Crippen molar-refractivity contribution in [2.45, 2.75) is 18.4 Å². The molecule has 3 rings (SSSR count). The van der Waals surface area contributed by atoms with E-state index in [0.717, 1.165) is 23.4 Å². The van der Waals surface area contributed by atoms with Gasteiger partial charge in [0, 0.05) is 23.8 Å². The number of rotatable bonds is 6. The highest BCUT2D eigenvalue weighted by atomic mass is 32.2. The number of thioether (sulfide) groups is 1. The van der Waals surface area contributed by atoms with Gasteiger partial charge >= 0.3 is 6.36 Å². The van der Waals surface area contributed by atoms with Gasteiger partial charge in [0.15, 0.2) is 5.16 Å². The second-order valence-corrected chi connectivity index (χ2v) is 6.77. The maximum absolute atomic E-state index is 12.2. The summed E-state index contributed by atoms with van der Waals surface area (Å²) in [5.74, 6) is -0.544. The van der Waals surface area contributed by atoms with Crippen LogP contribution in [0.3, 0.4) is 0 Å². The molecule has 0 fully saturated rings. The van der Waals surface area contributed by atoms with E-state index in [1.807, 2.05) is 42.0 Å². The van der Waals surface area contributed by atoms with E-state index in [9.17, 15) is 18.0 Å². The number of benzene rings is 2. The highest BCUT2D eigenvalue weighted by molar-refractivity contribution is 7.99. The predicted octanol–water partition coefficient (Wildman–Crippen LogP) is 4.81. The van der Waals surface area contributed by atoms with Crippen molar-refractivity contribution in [3.05, 3.63) is 66.5 Å². The lowest BCUT2D eigenvalue weighted by atomic mass is 10.2. The van der Waals surface area contributed by atoms with Crippen molar-refractivity contribution in [1.29, 1.82) is 0 Å². The molecule has 146 valence electrons. The maximum atomic E-state index is 12.2. The summed E-state index contributed by atoms with van der Waals surface area (Å²) in [5, 5.41) is 3.29. The van der Waals surface area contributed by atoms with Gasteiger partial charge in [0.25, 0.3) is 0 Å². The third-order valence-electron chi connectivity index (χ3n) is 3.59. The van der Waals surface area contributed by atoms with Crippen molar-refractivity contribution >= 4 is 23.4 Å². The van der Waals surface area contributed by atoms with E-state index in [1.54, 1.807) is 6.20 Å². The number of amides is 1. The Bertz CT molecular complexity index is 956. The third-order valence-corrected chi connectivity index (χ3v) is 4.56. The van der Waals surface area contributed by atoms with E-state index in [4.69, 9.17) is 0 Å². The van der Waals surface area contributed by atoms with Crippen LogP contribution in [0.15, 0.2) is 66.1 Å². The number of carbonyl (C=O) groups excluding carboxylic acids is 1. The SMILES string of the molecule is Cc1cccc(-n2ccnc2SCC(=O)Nc2ccc(OC(F)(F)F)cc2)c1. The molecule has 1 heterocycles. The molecule has 1 N–H and O–H groups in total. The monoisotopic (exact) mass is 407 g/mol. The number of aromatic nitrogens is 2. The highest BCUT2D eigenvalue weighted by Gasteiger charge is 2.30. The number of anilines is 1. The second kappa shape index (κ2) is 8.39. The number of nitrogens with zero attached hydrogens (tertiary/aromatic N) is 2. The first-order valence-corrected chi connectivity index (χ1v) is 9.17. The van der Waals surface area contributed by atoms with E-state index >= 15 is 0 Å². The number of imidazole rings is 1. The number of hydrogen-bond acceptors (Lipinski definition) is 4. The van der Waals surface area contributed by atoms with Gasteiger partial charge in [-0.1, -0.05) is 23.9 Å². The average molecular weight is 407 g/mol. The van der Waals surface area contributed by atoms with E-state index in [-0.39, 0.29) is 17.4 Å². The minimum absolute atomic E-state index is 0.101. The molecule has 1 aromatic heterocycles. The molecular formula is C19H16F3N3O2S. The largest absolute Gasteiger partial charge is 0.573 e. The van der Waals surface area contributed by atoms with Crippen molar-refractivity contribution in [2.75, 3.05) is 11.1 Å². The minimum atomic E-state index is -4.75. The molecule has 0 saturated carbocycles. The third kappa shape index (κ3) is 5.53. The zero-order chi connectivity index (χ0) is 20.1. The van der Waals surface area contributed by atoms with Gasteiger partial charge < -0.3 is 10.1 Å². The highest BCUT2D eigenvalue weighted by Crippen LogP contribution is 2.25. The molecule has 0 aliphatic heterocycles. The summed E-state index contributed by atoms with van der Waals surface area (Å²) in [6.45, 7) is 1.99. The minimum Gasteiger partial charge on any atom is -0.406 e. The Morgan fingerprint density at radius 1 is 1.21 bits per heavy atom. The lowest BCUT2D eigenvalue weighted by Gasteiger charge is -2.10. The summed E-state index contributed by atoms with van der Waals surface area (Å²) in [6, 6.07) is 12.9. The average Bonchev–Trinajstić information content (AvgIpc) is 3.09. The second-order valence-electron chi connectivity index (χ2n) is 5.83. The fourth-order valence-electron chi connectivity index (χ4n) is 2.44. The summed E-state index contributed by atoms with van der Waals surface area (Å²) in [4.78, 5) is 16.4. The first-order valence-electron chi connectivity index (χ1n) is 8.19. The van der Waals surface area contributed by atoms with Crippen LogP contribution in [0.1, 0.15) is 5.56 Å². The smallest absolute Gasteiger partial charge is 0.406 e. The van der Waals surface area contributed by atoms with Crippen LogP contribution in [0.5, 0.6) is 5.75 Å². The van der Waals surface area contributed by atoms with Gasteiger partial charge in [-0.3, -0.25) is 9.36 Å². The quantitative estimate of drug-likeness (QED) is 0.596. The fourth-order valence-corrected chi connectivity index (χ4v) is 3.21. The Morgan fingerprint density at radius 2 is 1.96 bits per heavy atom. The maximum Gasteiger partial charge on any atom is 0.573 e. The number of ether oxygens (including phenoxy) is 1. The Kier molecular flexibility index (Phi) is 5.93. The molecule has 5 nitrogen and oxygen atoms in total. The molecule has 0 bridgehead atoms. The van der Waals surface area contributed by atoms with Gasteiger partial charge in [-0.15, -0.1) is 13.2 Å². The van der Waals surface area contributed by atoms with Crippen LogP contribution in [0.25, 0.3) is 5.69 Å². The molecule has 0 unspecified atom stereocenters. The fraction of sp³-hybridized carbons (Fsp3) is 0.158. The van der Waals surface area contributed by atoms with E-state index < -0.39 is 6.36 Å². The van der Waals surface area contributed by atoms with E-state index in [2.05, 4.69) is 15.0 Å². The van der Waals surface area contributed by atoms with Crippen LogP contribution in [-0.2, 0) is 4.79 Å². The molecular weight excluding hydrogens is 391 g/mol. The normalized spacial score (nSPS) is 11.3. The molecule has 3 aromatic rings. The van der Waals surface area contributed by atoms with Gasteiger partial charge in [-0.25, -0.2) is 4.98 Å². The summed E-state index contributed by atoms with van der Waals surface area (Å²) >= 11 is 1.26. The standard InChI is InChI=1S/C19H16F3N3O2S/c1-13-3-2-4-15(11-13)25-10-9-23-18(25)28-12-17(26)24-14-5-7-16(8-6-14)27-19(20,21)22/h2-11H,12H2,1H3,(H,24,26). The van der Waals surface area contributed by atoms with Crippen LogP contribution < -0.4 is 10.1 Å². The van der Waals surface area contributed by atoms with Crippen LogP contribution in [0.2, 0.25) is 0 Å². The Labute approximate surface area is 163 Å². The number of halogens is 3. The van der Waals surface area contributed by atoms with Crippen LogP contribution >= 0.6 is 11.8 Å². The topological polar surface area (TPSA) is 56.2 Å². The number of carbonyl (C=O) groups is 1.